The fraction of sp³-hybridized carbons (Fsp3) is 0.444. The van der Waals surface area contributed by atoms with Gasteiger partial charge in [0.1, 0.15) is 0 Å². The van der Waals surface area contributed by atoms with E-state index < -0.39 is 0 Å². The molecule has 1 atom stereocenters. The van der Waals surface area contributed by atoms with Crippen LogP contribution in [0.15, 0.2) is 36.5 Å². The molecule has 0 saturated carbocycles. The van der Waals surface area contributed by atoms with Crippen molar-refractivity contribution in [3.63, 3.8) is 0 Å². The number of likely N-dealkylation sites (N-methyl/N-ethyl adjacent to an activating group) is 1. The molecule has 1 saturated heterocycles. The molecule has 1 aromatic carbocycles. The van der Waals surface area contributed by atoms with Crippen molar-refractivity contribution in [3.05, 3.63) is 47.0 Å². The van der Waals surface area contributed by atoms with E-state index in [1.54, 1.807) is 4.90 Å². The number of anilines is 1. The van der Waals surface area contributed by atoms with Crippen LogP contribution in [0.25, 0.3) is 0 Å². The smallest absolute Gasteiger partial charge is 0.323 e. The molecule has 3 rings (SSSR count). The molecule has 1 fully saturated rings. The summed E-state index contributed by atoms with van der Waals surface area (Å²) in [7, 11) is 0. The van der Waals surface area contributed by atoms with Gasteiger partial charge in [-0.2, -0.15) is 0 Å². The van der Waals surface area contributed by atoms with Crippen molar-refractivity contribution in [3.8, 4) is 0 Å². The SMILES string of the molecule is CCN(CC1CCCO1)C(=O)Nc1ncc(Cc2ccccc2)s1. The average Bonchev–Trinajstić information content (AvgIpc) is 3.25. The van der Waals surface area contributed by atoms with Gasteiger partial charge < -0.3 is 9.64 Å². The van der Waals surface area contributed by atoms with Crippen LogP contribution in [0.4, 0.5) is 9.93 Å². The van der Waals surface area contributed by atoms with Gasteiger partial charge in [0.15, 0.2) is 5.13 Å². The van der Waals surface area contributed by atoms with Crippen molar-refractivity contribution >= 4 is 22.5 Å². The van der Waals surface area contributed by atoms with E-state index in [4.69, 9.17) is 4.74 Å². The van der Waals surface area contributed by atoms with Crippen LogP contribution >= 0.6 is 11.3 Å². The van der Waals surface area contributed by atoms with Gasteiger partial charge in [0.2, 0.25) is 0 Å². The molecule has 2 aromatic rings. The maximum Gasteiger partial charge on any atom is 0.323 e. The summed E-state index contributed by atoms with van der Waals surface area (Å²) >= 11 is 1.53. The van der Waals surface area contributed by atoms with Crippen LogP contribution in [0, 0.1) is 0 Å². The summed E-state index contributed by atoms with van der Waals surface area (Å²) in [6.07, 6.45) is 4.95. The molecule has 0 aliphatic carbocycles. The summed E-state index contributed by atoms with van der Waals surface area (Å²) in [6.45, 7) is 4.09. The number of hydrogen-bond acceptors (Lipinski definition) is 4. The highest BCUT2D eigenvalue weighted by Gasteiger charge is 2.22. The Morgan fingerprint density at radius 3 is 2.96 bits per heavy atom. The molecule has 0 spiro atoms. The van der Waals surface area contributed by atoms with Crippen molar-refractivity contribution < 1.29 is 9.53 Å². The van der Waals surface area contributed by atoms with E-state index in [0.29, 0.717) is 18.2 Å². The third-order valence-electron chi connectivity index (χ3n) is 4.11. The van der Waals surface area contributed by atoms with Crippen LogP contribution in [0.2, 0.25) is 0 Å². The number of rotatable bonds is 6. The zero-order chi connectivity index (χ0) is 16.8. The Kier molecular flexibility index (Phi) is 5.82. The number of urea groups is 1. The Hall–Kier alpha value is -1.92. The van der Waals surface area contributed by atoms with Crippen molar-refractivity contribution in [1.82, 2.24) is 9.88 Å². The predicted octanol–water partition coefficient (Wildman–Crippen LogP) is 3.77. The molecule has 5 nitrogen and oxygen atoms in total. The molecule has 1 aliphatic rings. The lowest BCUT2D eigenvalue weighted by Gasteiger charge is -2.23. The fourth-order valence-corrected chi connectivity index (χ4v) is 3.64. The van der Waals surface area contributed by atoms with E-state index in [0.717, 1.165) is 30.7 Å². The molecule has 1 aromatic heterocycles. The zero-order valence-electron chi connectivity index (χ0n) is 13.9. The van der Waals surface area contributed by atoms with Crippen LogP contribution in [0.1, 0.15) is 30.2 Å². The number of hydrogen-bond donors (Lipinski definition) is 1. The van der Waals surface area contributed by atoms with E-state index >= 15 is 0 Å². The maximum atomic E-state index is 12.4. The van der Waals surface area contributed by atoms with Gasteiger partial charge in [-0.25, -0.2) is 9.78 Å². The molecule has 0 radical (unpaired) electrons. The first-order valence-corrected chi connectivity index (χ1v) is 9.22. The minimum absolute atomic E-state index is 0.103. The molecule has 6 heteroatoms. The Balaban J connectivity index is 1.55. The standard InChI is InChI=1S/C18H23N3O2S/c1-2-21(13-15-9-6-10-23-15)18(22)20-17-19-12-16(24-17)11-14-7-4-3-5-8-14/h3-5,7-8,12,15H,2,6,9-11,13H2,1H3,(H,19,20,22). The second kappa shape index (κ2) is 8.26. The summed E-state index contributed by atoms with van der Waals surface area (Å²) < 4.78 is 5.62. The van der Waals surface area contributed by atoms with Crippen LogP contribution in [0.5, 0.6) is 0 Å². The second-order valence-corrected chi connectivity index (χ2v) is 7.01. The Bertz CT molecular complexity index is 653. The van der Waals surface area contributed by atoms with Crippen molar-refractivity contribution in [2.24, 2.45) is 0 Å². The Morgan fingerprint density at radius 2 is 2.25 bits per heavy atom. The van der Waals surface area contributed by atoms with E-state index in [2.05, 4.69) is 22.4 Å². The lowest BCUT2D eigenvalue weighted by atomic mass is 10.1. The highest BCUT2D eigenvalue weighted by molar-refractivity contribution is 7.15. The summed E-state index contributed by atoms with van der Waals surface area (Å²) in [4.78, 5) is 19.7. The normalized spacial score (nSPS) is 17.0. The van der Waals surface area contributed by atoms with Gasteiger partial charge in [-0.3, -0.25) is 5.32 Å². The maximum absolute atomic E-state index is 12.4. The largest absolute Gasteiger partial charge is 0.376 e. The zero-order valence-corrected chi connectivity index (χ0v) is 14.7. The molecule has 0 bridgehead atoms. The van der Waals surface area contributed by atoms with Gasteiger partial charge in [-0.15, -0.1) is 11.3 Å². The van der Waals surface area contributed by atoms with Gasteiger partial charge in [-0.1, -0.05) is 30.3 Å². The highest BCUT2D eigenvalue weighted by atomic mass is 32.1. The molecule has 1 unspecified atom stereocenters. The number of nitrogens with zero attached hydrogens (tertiary/aromatic N) is 2. The molecule has 24 heavy (non-hydrogen) atoms. The number of amides is 2. The first-order valence-electron chi connectivity index (χ1n) is 8.40. The van der Waals surface area contributed by atoms with Gasteiger partial charge in [0, 0.05) is 37.2 Å². The van der Waals surface area contributed by atoms with Crippen molar-refractivity contribution in [2.45, 2.75) is 32.3 Å². The molecular weight excluding hydrogens is 322 g/mol. The van der Waals surface area contributed by atoms with Crippen molar-refractivity contribution in [1.29, 1.82) is 0 Å². The number of ether oxygens (including phenoxy) is 1. The lowest BCUT2D eigenvalue weighted by Crippen LogP contribution is -2.39. The quantitative estimate of drug-likeness (QED) is 0.867. The average molecular weight is 345 g/mol. The fourth-order valence-electron chi connectivity index (χ4n) is 2.80. The van der Waals surface area contributed by atoms with Crippen LogP contribution in [0.3, 0.4) is 0 Å². The van der Waals surface area contributed by atoms with Gasteiger partial charge in [0.05, 0.1) is 6.10 Å². The predicted molar refractivity (Wildman–Crippen MR) is 96.6 cm³/mol. The first-order chi connectivity index (χ1) is 11.7. The topological polar surface area (TPSA) is 54.5 Å². The molecule has 2 amide bonds. The Labute approximate surface area is 146 Å². The molecule has 1 N–H and O–H groups in total. The number of carbonyl (C=O) groups is 1. The molecule has 2 heterocycles. The summed E-state index contributed by atoms with van der Waals surface area (Å²) in [6, 6.07) is 10.2. The molecular formula is C18H23N3O2S. The van der Waals surface area contributed by atoms with Gasteiger partial charge in [0.25, 0.3) is 0 Å². The van der Waals surface area contributed by atoms with Crippen LogP contribution < -0.4 is 5.32 Å². The summed E-state index contributed by atoms with van der Waals surface area (Å²) in [5.41, 5.74) is 1.24. The highest BCUT2D eigenvalue weighted by Crippen LogP contribution is 2.22. The Morgan fingerprint density at radius 1 is 1.42 bits per heavy atom. The second-order valence-electron chi connectivity index (χ2n) is 5.90. The van der Waals surface area contributed by atoms with E-state index in [-0.39, 0.29) is 12.1 Å². The first kappa shape index (κ1) is 16.9. The third-order valence-corrected chi connectivity index (χ3v) is 5.02. The third kappa shape index (κ3) is 4.55. The van der Waals surface area contributed by atoms with E-state index in [1.807, 2.05) is 31.3 Å². The van der Waals surface area contributed by atoms with Crippen molar-refractivity contribution in [2.75, 3.05) is 25.0 Å². The number of benzene rings is 1. The number of thiazole rings is 1. The van der Waals surface area contributed by atoms with Crippen LogP contribution in [-0.4, -0.2) is 41.7 Å². The monoisotopic (exact) mass is 345 g/mol. The number of carbonyl (C=O) groups excluding carboxylic acids is 1. The summed E-state index contributed by atoms with van der Waals surface area (Å²) in [5.74, 6) is 0. The molecule has 128 valence electrons. The van der Waals surface area contributed by atoms with E-state index in [9.17, 15) is 4.79 Å². The summed E-state index contributed by atoms with van der Waals surface area (Å²) in [5, 5.41) is 3.56. The van der Waals surface area contributed by atoms with Gasteiger partial charge >= 0.3 is 6.03 Å². The number of nitrogens with one attached hydrogen (secondary N) is 1. The number of aromatic nitrogens is 1. The van der Waals surface area contributed by atoms with E-state index in [1.165, 1.54) is 16.9 Å². The minimum atomic E-state index is -0.103. The molecule has 1 aliphatic heterocycles. The lowest BCUT2D eigenvalue weighted by molar-refractivity contribution is 0.0849. The van der Waals surface area contributed by atoms with Crippen LogP contribution in [-0.2, 0) is 11.2 Å². The van der Waals surface area contributed by atoms with Gasteiger partial charge in [-0.05, 0) is 25.3 Å². The minimum Gasteiger partial charge on any atom is -0.376 e.